The Morgan fingerprint density at radius 2 is 1.73 bits per heavy atom. The van der Waals surface area contributed by atoms with Gasteiger partial charge in [0.2, 0.25) is 0 Å². The summed E-state index contributed by atoms with van der Waals surface area (Å²) in [5.41, 5.74) is -1.13. The van der Waals surface area contributed by atoms with Gasteiger partial charge in [-0.2, -0.15) is 4.31 Å². The number of ether oxygens (including phenoxy) is 3. The number of rotatable bonds is 8. The highest BCUT2D eigenvalue weighted by Crippen LogP contribution is 2.52. The van der Waals surface area contributed by atoms with Gasteiger partial charge in [0.15, 0.2) is 5.54 Å². The van der Waals surface area contributed by atoms with E-state index in [4.69, 9.17) is 25.8 Å². The minimum absolute atomic E-state index is 0.0554. The number of nitrogens with one attached hydrogen (secondary N) is 1. The van der Waals surface area contributed by atoms with Gasteiger partial charge in [0.25, 0.3) is 15.9 Å². The molecule has 0 radical (unpaired) electrons. The molecule has 1 saturated carbocycles. The van der Waals surface area contributed by atoms with E-state index >= 15 is 0 Å². The van der Waals surface area contributed by atoms with E-state index in [1.165, 1.54) is 62.6 Å². The smallest absolute Gasteiger partial charge is 0.417 e. The Bertz CT molecular complexity index is 1710. The molecule has 1 aliphatic heterocycles. The van der Waals surface area contributed by atoms with E-state index in [2.05, 4.69) is 5.32 Å². The van der Waals surface area contributed by atoms with Crippen molar-refractivity contribution in [1.29, 1.82) is 0 Å². The van der Waals surface area contributed by atoms with Gasteiger partial charge in [-0.15, -0.1) is 0 Å². The first kappa shape index (κ1) is 32.1. The topological polar surface area (TPSA) is 132 Å². The summed E-state index contributed by atoms with van der Waals surface area (Å²) in [5, 5.41) is 2.83. The van der Waals surface area contributed by atoms with E-state index in [1.807, 2.05) is 0 Å². The Morgan fingerprint density at radius 3 is 2.40 bits per heavy atom. The first-order valence-electron chi connectivity index (χ1n) is 14.5. The SMILES string of the molecule is COC(=O)N(C)C1(CC2CCCCC2)C(=O)N(S(=O)(=O)c2ccc(NC(=O)Oc3ccccc3)cc2OC)c2ccc(Cl)cc21. The zero-order valence-electron chi connectivity index (χ0n) is 25.1. The number of para-hydroxylation sites is 1. The first-order valence-corrected chi connectivity index (χ1v) is 16.3. The van der Waals surface area contributed by atoms with Crippen LogP contribution in [0.1, 0.15) is 44.1 Å². The summed E-state index contributed by atoms with van der Waals surface area (Å²) in [5.74, 6) is -0.572. The van der Waals surface area contributed by atoms with Gasteiger partial charge in [0, 0.05) is 29.4 Å². The Kier molecular flexibility index (Phi) is 9.26. The van der Waals surface area contributed by atoms with Crippen molar-refractivity contribution in [2.24, 2.45) is 5.92 Å². The molecule has 3 aromatic carbocycles. The number of fused-ring (bicyclic) bond motifs is 1. The maximum atomic E-state index is 14.7. The zero-order valence-corrected chi connectivity index (χ0v) is 26.7. The maximum Gasteiger partial charge on any atom is 0.417 e. The average molecular weight is 656 g/mol. The van der Waals surface area contributed by atoms with Gasteiger partial charge in [0.1, 0.15) is 16.4 Å². The number of amides is 3. The molecule has 3 amide bonds. The number of anilines is 2. The summed E-state index contributed by atoms with van der Waals surface area (Å²) in [7, 11) is -0.721. The van der Waals surface area contributed by atoms with Crippen molar-refractivity contribution < 1.29 is 37.0 Å². The van der Waals surface area contributed by atoms with E-state index in [0.29, 0.717) is 11.3 Å². The summed E-state index contributed by atoms with van der Waals surface area (Å²) in [4.78, 5) is 41.0. The molecule has 3 aromatic rings. The molecule has 1 N–H and O–H groups in total. The Labute approximate surface area is 267 Å². The van der Waals surface area contributed by atoms with Crippen molar-refractivity contribution in [1.82, 2.24) is 4.90 Å². The second kappa shape index (κ2) is 13.0. The Morgan fingerprint density at radius 1 is 1.02 bits per heavy atom. The van der Waals surface area contributed by atoms with Crippen LogP contribution in [0, 0.1) is 5.92 Å². The van der Waals surface area contributed by atoms with Crippen molar-refractivity contribution in [3.8, 4) is 11.5 Å². The quantitative estimate of drug-likeness (QED) is 0.289. The van der Waals surface area contributed by atoms with E-state index in [0.717, 1.165) is 36.4 Å². The van der Waals surface area contributed by atoms with Crippen molar-refractivity contribution in [2.75, 3.05) is 30.9 Å². The predicted octanol–water partition coefficient (Wildman–Crippen LogP) is 6.56. The minimum Gasteiger partial charge on any atom is -0.495 e. The lowest BCUT2D eigenvalue weighted by atomic mass is 9.76. The number of carbonyl (C=O) groups excluding carboxylic acids is 3. The van der Waals surface area contributed by atoms with Gasteiger partial charge >= 0.3 is 12.2 Å². The van der Waals surface area contributed by atoms with Crippen LogP contribution in [0.3, 0.4) is 0 Å². The van der Waals surface area contributed by atoms with Crippen LogP contribution in [0.4, 0.5) is 21.0 Å². The molecule has 1 fully saturated rings. The fraction of sp³-hybridized carbons (Fsp3) is 0.344. The summed E-state index contributed by atoms with van der Waals surface area (Å²) < 4.78 is 45.3. The molecule has 13 heteroatoms. The van der Waals surface area contributed by atoms with Crippen LogP contribution < -0.4 is 19.1 Å². The molecule has 1 heterocycles. The number of likely N-dealkylation sites (N-methyl/N-ethyl adjacent to an activating group) is 1. The van der Waals surface area contributed by atoms with Crippen LogP contribution in [0.2, 0.25) is 5.02 Å². The standard InChI is InChI=1S/C32H34ClN3O8S/c1-35(31(39)43-3)32(20-21-10-6-4-7-11-21)25-18-22(33)14-16-26(25)36(29(32)37)45(40,41)28-17-15-23(19-27(28)42-2)34-30(38)44-24-12-8-5-9-13-24/h5,8-9,12-19,21H,4,6-7,10-11,20H2,1-3H3,(H,34,38). The minimum atomic E-state index is -4.64. The van der Waals surface area contributed by atoms with Gasteiger partial charge in [0.05, 0.1) is 19.9 Å². The number of carbonyl (C=O) groups is 3. The van der Waals surface area contributed by atoms with Crippen molar-refractivity contribution in [3.63, 3.8) is 0 Å². The molecule has 45 heavy (non-hydrogen) atoms. The first-order chi connectivity index (χ1) is 21.5. The third-order valence-corrected chi connectivity index (χ3v) is 10.3. The highest BCUT2D eigenvalue weighted by molar-refractivity contribution is 7.93. The summed E-state index contributed by atoms with van der Waals surface area (Å²) in [6.45, 7) is 0. The highest BCUT2D eigenvalue weighted by Gasteiger charge is 2.59. The third kappa shape index (κ3) is 6.04. The Hall–Kier alpha value is -4.29. The number of halogens is 1. The molecule has 0 aromatic heterocycles. The van der Waals surface area contributed by atoms with Crippen LogP contribution in [0.15, 0.2) is 71.6 Å². The molecule has 1 unspecified atom stereocenters. The van der Waals surface area contributed by atoms with Crippen molar-refractivity contribution in [2.45, 2.75) is 49.0 Å². The fourth-order valence-electron chi connectivity index (χ4n) is 6.20. The van der Waals surface area contributed by atoms with Crippen molar-refractivity contribution in [3.05, 3.63) is 77.3 Å². The molecule has 2 aliphatic rings. The molecule has 0 spiro atoms. The van der Waals surface area contributed by atoms with Gasteiger partial charge in [-0.25, -0.2) is 18.0 Å². The van der Waals surface area contributed by atoms with Crippen LogP contribution in [-0.4, -0.2) is 52.7 Å². The predicted molar refractivity (Wildman–Crippen MR) is 168 cm³/mol. The number of hydrogen-bond donors (Lipinski definition) is 1. The number of sulfonamides is 1. The maximum absolute atomic E-state index is 14.7. The fourth-order valence-corrected chi connectivity index (χ4v) is 8.00. The largest absolute Gasteiger partial charge is 0.495 e. The van der Waals surface area contributed by atoms with Crippen molar-refractivity contribution >= 4 is 51.1 Å². The second-order valence-corrected chi connectivity index (χ2v) is 13.2. The second-order valence-electron chi connectivity index (χ2n) is 11.0. The number of nitrogens with zero attached hydrogens (tertiary/aromatic N) is 2. The van der Waals surface area contributed by atoms with E-state index < -0.39 is 33.7 Å². The number of hydrogen-bond acceptors (Lipinski definition) is 8. The molecule has 0 saturated heterocycles. The molecule has 1 aliphatic carbocycles. The molecule has 5 rings (SSSR count). The van der Waals surface area contributed by atoms with Crippen LogP contribution in [0.25, 0.3) is 0 Å². The van der Waals surface area contributed by atoms with E-state index in [-0.39, 0.29) is 39.4 Å². The van der Waals surface area contributed by atoms with Gasteiger partial charge < -0.3 is 14.2 Å². The zero-order chi connectivity index (χ0) is 32.4. The lowest BCUT2D eigenvalue weighted by molar-refractivity contribution is -0.128. The van der Waals surface area contributed by atoms with Crippen LogP contribution in [-0.2, 0) is 25.1 Å². The molecule has 0 bridgehead atoms. The Balaban J connectivity index is 1.56. The van der Waals surface area contributed by atoms with Gasteiger partial charge in [-0.1, -0.05) is 61.9 Å². The van der Waals surface area contributed by atoms with Gasteiger partial charge in [-0.3, -0.25) is 15.0 Å². The van der Waals surface area contributed by atoms with Gasteiger partial charge in [-0.05, 0) is 54.8 Å². The molecular weight excluding hydrogens is 622 g/mol. The highest BCUT2D eigenvalue weighted by atomic mass is 35.5. The number of benzene rings is 3. The average Bonchev–Trinajstić information content (AvgIpc) is 3.28. The molecule has 238 valence electrons. The van der Waals surface area contributed by atoms with E-state index in [9.17, 15) is 22.8 Å². The third-order valence-electron chi connectivity index (χ3n) is 8.37. The molecule has 1 atom stereocenters. The van der Waals surface area contributed by atoms with E-state index in [1.54, 1.807) is 30.3 Å². The van der Waals surface area contributed by atoms with Crippen LogP contribution in [0.5, 0.6) is 11.5 Å². The molecular formula is C32H34ClN3O8S. The lowest BCUT2D eigenvalue weighted by Gasteiger charge is -2.40. The summed E-state index contributed by atoms with van der Waals surface area (Å²) in [6.07, 6.45) is 3.29. The lowest BCUT2D eigenvalue weighted by Crippen LogP contribution is -2.55. The summed E-state index contributed by atoms with van der Waals surface area (Å²) >= 11 is 6.42. The molecule has 11 nitrogen and oxygen atoms in total. The van der Waals surface area contributed by atoms with Crippen LogP contribution >= 0.6 is 11.6 Å². The normalized spacial score (nSPS) is 18.2. The summed E-state index contributed by atoms with van der Waals surface area (Å²) in [6, 6.07) is 16.8. The number of methoxy groups -OCH3 is 2. The monoisotopic (exact) mass is 655 g/mol.